The third-order valence-electron chi connectivity index (χ3n) is 5.78. The van der Waals surface area contributed by atoms with E-state index in [4.69, 9.17) is 0 Å². The number of amides is 1. The number of piperidine rings is 1. The zero-order valence-electron chi connectivity index (χ0n) is 15.0. The molecule has 0 aromatic carbocycles. The Morgan fingerprint density at radius 3 is 2.21 bits per heavy atom. The van der Waals surface area contributed by atoms with E-state index >= 15 is 0 Å². The maximum absolute atomic E-state index is 12.2. The lowest BCUT2D eigenvalue weighted by Gasteiger charge is -2.37. The second-order valence-corrected chi connectivity index (χ2v) is 7.67. The molecule has 24 heavy (non-hydrogen) atoms. The lowest BCUT2D eigenvalue weighted by Crippen LogP contribution is -2.51. The molecule has 0 spiro atoms. The number of piperazine rings is 1. The first-order valence-electron chi connectivity index (χ1n) is 9.74. The van der Waals surface area contributed by atoms with Crippen molar-refractivity contribution < 1.29 is 4.79 Å². The van der Waals surface area contributed by atoms with Crippen LogP contribution >= 0.6 is 12.4 Å². The number of halogens is 1. The molecule has 2 heterocycles. The minimum absolute atomic E-state index is 0. The zero-order valence-corrected chi connectivity index (χ0v) is 15.8. The van der Waals surface area contributed by atoms with Gasteiger partial charge in [-0.25, -0.2) is 0 Å². The molecule has 0 bridgehead atoms. The smallest absolute Gasteiger partial charge is 0.234 e. The second-order valence-electron chi connectivity index (χ2n) is 7.67. The Labute approximate surface area is 153 Å². The van der Waals surface area contributed by atoms with Crippen molar-refractivity contribution in [3.63, 3.8) is 0 Å². The van der Waals surface area contributed by atoms with Gasteiger partial charge in [0.1, 0.15) is 0 Å². The van der Waals surface area contributed by atoms with E-state index in [1.165, 1.54) is 64.6 Å². The monoisotopic (exact) mass is 358 g/mol. The summed E-state index contributed by atoms with van der Waals surface area (Å²) in [6.07, 6.45) is 8.89. The molecule has 3 aliphatic rings. The summed E-state index contributed by atoms with van der Waals surface area (Å²) in [7, 11) is 0. The lowest BCUT2D eigenvalue weighted by molar-refractivity contribution is -0.123. The maximum atomic E-state index is 12.2. The first-order chi connectivity index (χ1) is 11.3. The molecule has 5 nitrogen and oxygen atoms in total. The molecule has 0 aromatic rings. The van der Waals surface area contributed by atoms with Gasteiger partial charge in [-0.05, 0) is 44.7 Å². The average Bonchev–Trinajstić information content (AvgIpc) is 2.58. The van der Waals surface area contributed by atoms with E-state index in [9.17, 15) is 4.79 Å². The molecule has 0 atom stereocenters. The highest BCUT2D eigenvalue weighted by molar-refractivity contribution is 5.85. The number of hydrogen-bond donors (Lipinski definition) is 2. The van der Waals surface area contributed by atoms with Gasteiger partial charge in [-0.15, -0.1) is 12.4 Å². The quantitative estimate of drug-likeness (QED) is 0.781. The molecule has 1 saturated carbocycles. The highest BCUT2D eigenvalue weighted by atomic mass is 35.5. The Kier molecular flexibility index (Phi) is 8.81. The molecule has 3 rings (SSSR count). The van der Waals surface area contributed by atoms with Crippen LogP contribution < -0.4 is 10.6 Å². The van der Waals surface area contributed by atoms with Crippen molar-refractivity contribution in [1.82, 2.24) is 20.4 Å². The van der Waals surface area contributed by atoms with Crippen LogP contribution in [0.4, 0.5) is 0 Å². The summed E-state index contributed by atoms with van der Waals surface area (Å²) in [6, 6.07) is 0.442. The van der Waals surface area contributed by atoms with Crippen molar-refractivity contribution in [1.29, 1.82) is 0 Å². The predicted octanol–water partition coefficient (Wildman–Crippen LogP) is 1.47. The van der Waals surface area contributed by atoms with Gasteiger partial charge < -0.3 is 15.5 Å². The van der Waals surface area contributed by atoms with E-state index in [-0.39, 0.29) is 18.3 Å². The van der Waals surface area contributed by atoms with Crippen LogP contribution in [0, 0.1) is 5.92 Å². The first-order valence-corrected chi connectivity index (χ1v) is 9.74. The summed E-state index contributed by atoms with van der Waals surface area (Å²) in [5.41, 5.74) is 0. The van der Waals surface area contributed by atoms with Crippen molar-refractivity contribution >= 4 is 18.3 Å². The van der Waals surface area contributed by atoms with Gasteiger partial charge in [0.15, 0.2) is 0 Å². The van der Waals surface area contributed by atoms with Crippen LogP contribution in [0.3, 0.4) is 0 Å². The van der Waals surface area contributed by atoms with Gasteiger partial charge in [-0.2, -0.15) is 0 Å². The van der Waals surface area contributed by atoms with E-state index in [0.717, 1.165) is 32.1 Å². The SMILES string of the molecule is Cl.O=C(CN1CCN(CC2CCNCC2)CC1)NC1CCCCC1. The fourth-order valence-corrected chi connectivity index (χ4v) is 4.28. The van der Waals surface area contributed by atoms with Gasteiger partial charge in [0, 0.05) is 38.8 Å². The summed E-state index contributed by atoms with van der Waals surface area (Å²) in [6.45, 7) is 8.56. The number of nitrogens with zero attached hydrogens (tertiary/aromatic N) is 2. The Morgan fingerprint density at radius 1 is 0.917 bits per heavy atom. The largest absolute Gasteiger partial charge is 0.352 e. The number of carbonyl (C=O) groups excluding carboxylic acids is 1. The summed E-state index contributed by atoms with van der Waals surface area (Å²) >= 11 is 0. The number of carbonyl (C=O) groups is 1. The lowest BCUT2D eigenvalue weighted by atomic mass is 9.95. The van der Waals surface area contributed by atoms with Crippen molar-refractivity contribution in [2.45, 2.75) is 51.0 Å². The fraction of sp³-hybridized carbons (Fsp3) is 0.944. The molecule has 140 valence electrons. The van der Waals surface area contributed by atoms with Crippen LogP contribution in [0.2, 0.25) is 0 Å². The second kappa shape index (κ2) is 10.6. The number of rotatable bonds is 5. The van der Waals surface area contributed by atoms with E-state index in [2.05, 4.69) is 20.4 Å². The summed E-state index contributed by atoms with van der Waals surface area (Å²) in [5.74, 6) is 1.11. The van der Waals surface area contributed by atoms with Crippen LogP contribution in [0.5, 0.6) is 0 Å². The molecule has 2 saturated heterocycles. The van der Waals surface area contributed by atoms with Gasteiger partial charge >= 0.3 is 0 Å². The Morgan fingerprint density at radius 2 is 1.54 bits per heavy atom. The molecule has 1 amide bonds. The molecule has 6 heteroatoms. The zero-order chi connectivity index (χ0) is 15.9. The van der Waals surface area contributed by atoms with E-state index in [1.807, 2.05) is 0 Å². The van der Waals surface area contributed by atoms with E-state index in [1.54, 1.807) is 0 Å². The van der Waals surface area contributed by atoms with Gasteiger partial charge in [0.25, 0.3) is 0 Å². The van der Waals surface area contributed by atoms with Gasteiger partial charge in [-0.3, -0.25) is 9.69 Å². The third-order valence-corrected chi connectivity index (χ3v) is 5.78. The van der Waals surface area contributed by atoms with Gasteiger partial charge in [-0.1, -0.05) is 19.3 Å². The Balaban J connectivity index is 0.00000208. The van der Waals surface area contributed by atoms with Crippen LogP contribution in [-0.2, 0) is 4.79 Å². The minimum atomic E-state index is 0. The summed E-state index contributed by atoms with van der Waals surface area (Å²) in [4.78, 5) is 17.1. The molecule has 0 unspecified atom stereocenters. The fourth-order valence-electron chi connectivity index (χ4n) is 4.28. The number of hydrogen-bond acceptors (Lipinski definition) is 4. The molecule has 1 aliphatic carbocycles. The third kappa shape index (κ3) is 6.51. The predicted molar refractivity (Wildman–Crippen MR) is 101 cm³/mol. The number of nitrogens with one attached hydrogen (secondary N) is 2. The Bertz CT molecular complexity index is 362. The molecule has 2 aliphatic heterocycles. The molecular weight excluding hydrogens is 324 g/mol. The van der Waals surface area contributed by atoms with Gasteiger partial charge in [0.05, 0.1) is 6.54 Å². The van der Waals surface area contributed by atoms with Crippen LogP contribution in [0.25, 0.3) is 0 Å². The molecular formula is C18H35ClN4O. The minimum Gasteiger partial charge on any atom is -0.352 e. The van der Waals surface area contributed by atoms with Crippen molar-refractivity contribution in [2.75, 3.05) is 52.4 Å². The molecule has 2 N–H and O–H groups in total. The summed E-state index contributed by atoms with van der Waals surface area (Å²) in [5, 5.41) is 6.68. The Hall–Kier alpha value is -0.360. The van der Waals surface area contributed by atoms with Crippen molar-refractivity contribution in [3.05, 3.63) is 0 Å². The summed E-state index contributed by atoms with van der Waals surface area (Å²) < 4.78 is 0. The maximum Gasteiger partial charge on any atom is 0.234 e. The molecule has 3 fully saturated rings. The average molecular weight is 359 g/mol. The highest BCUT2D eigenvalue weighted by Gasteiger charge is 2.23. The first kappa shape index (κ1) is 20.0. The van der Waals surface area contributed by atoms with Gasteiger partial charge in [0.2, 0.25) is 5.91 Å². The molecule has 0 aromatic heterocycles. The van der Waals surface area contributed by atoms with Crippen LogP contribution in [0.1, 0.15) is 44.9 Å². The highest BCUT2D eigenvalue weighted by Crippen LogP contribution is 2.17. The van der Waals surface area contributed by atoms with E-state index in [0.29, 0.717) is 12.6 Å². The van der Waals surface area contributed by atoms with Crippen molar-refractivity contribution in [2.24, 2.45) is 5.92 Å². The normalized spacial score (nSPS) is 25.2. The van der Waals surface area contributed by atoms with E-state index < -0.39 is 0 Å². The topological polar surface area (TPSA) is 47.6 Å². The van der Waals surface area contributed by atoms with Crippen molar-refractivity contribution in [3.8, 4) is 0 Å². The van der Waals surface area contributed by atoms with Crippen LogP contribution in [-0.4, -0.2) is 74.1 Å². The molecule has 0 radical (unpaired) electrons. The standard InChI is InChI=1S/C18H34N4O.ClH/c23-18(20-17-4-2-1-3-5-17)15-22-12-10-21(11-13-22)14-16-6-8-19-9-7-16;/h16-17,19H,1-15H2,(H,20,23);1H. The van der Waals surface area contributed by atoms with Crippen LogP contribution in [0.15, 0.2) is 0 Å².